The van der Waals surface area contributed by atoms with Crippen LogP contribution in [0.4, 0.5) is 4.39 Å². The minimum Gasteiger partial charge on any atom is -0.468 e. The maximum absolute atomic E-state index is 13.2. The van der Waals surface area contributed by atoms with E-state index < -0.39 is 0 Å². The number of Topliss-reactive ketones (excluding diaryl/α,β-unsaturated/α-hetero) is 1. The average molecular weight is 386 g/mol. The summed E-state index contributed by atoms with van der Waals surface area (Å²) in [6.45, 7) is 0. The van der Waals surface area contributed by atoms with Crippen molar-refractivity contribution in [1.82, 2.24) is 19.6 Å². The number of aromatic nitrogens is 4. The number of ether oxygens (including phenoxy) is 1. The zero-order chi connectivity index (χ0) is 19.0. The number of esters is 1. The lowest BCUT2D eigenvalue weighted by Crippen LogP contribution is -2.21. The fourth-order valence-corrected chi connectivity index (χ4v) is 3.74. The molecule has 0 saturated carbocycles. The van der Waals surface area contributed by atoms with E-state index in [0.717, 1.165) is 17.3 Å². The summed E-state index contributed by atoms with van der Waals surface area (Å²) in [6.07, 6.45) is 2.54. The smallest absolute Gasteiger partial charge is 0.316 e. The lowest BCUT2D eigenvalue weighted by molar-refractivity contribution is -0.137. The topological polar surface area (TPSA) is 86.4 Å². The van der Waals surface area contributed by atoms with Gasteiger partial charge < -0.3 is 4.74 Å². The standard InChI is InChI=1S/C18H15FN4O3S/c1-26-16(25)9-27-18-21-17-20-14-6-11(10-2-4-12(19)5-3-10)7-15(24)13(14)8-23(17)22-18/h2-5,8,11H,6-7,9H2,1H3/t11-/m0/s1. The minimum absolute atomic E-state index is 0.0285. The number of rotatable bonds is 4. The van der Waals surface area contributed by atoms with Crippen LogP contribution < -0.4 is 0 Å². The third-order valence-corrected chi connectivity index (χ3v) is 5.26. The van der Waals surface area contributed by atoms with Gasteiger partial charge in [0.2, 0.25) is 5.16 Å². The summed E-state index contributed by atoms with van der Waals surface area (Å²) >= 11 is 1.14. The van der Waals surface area contributed by atoms with Crippen molar-refractivity contribution in [1.29, 1.82) is 0 Å². The molecule has 2 aromatic heterocycles. The Balaban J connectivity index is 1.62. The van der Waals surface area contributed by atoms with Crippen LogP contribution in [0, 0.1) is 5.82 Å². The molecule has 0 saturated heterocycles. The second kappa shape index (κ2) is 7.07. The molecule has 27 heavy (non-hydrogen) atoms. The fraction of sp³-hybridized carbons (Fsp3) is 0.278. The summed E-state index contributed by atoms with van der Waals surface area (Å²) in [7, 11) is 1.32. The van der Waals surface area contributed by atoms with Crippen LogP contribution in [0.2, 0.25) is 0 Å². The highest BCUT2D eigenvalue weighted by molar-refractivity contribution is 7.99. The van der Waals surface area contributed by atoms with Crippen molar-refractivity contribution in [3.63, 3.8) is 0 Å². The van der Waals surface area contributed by atoms with E-state index in [1.807, 2.05) is 0 Å². The molecule has 1 aromatic carbocycles. The van der Waals surface area contributed by atoms with Gasteiger partial charge in [-0.3, -0.25) is 9.59 Å². The summed E-state index contributed by atoms with van der Waals surface area (Å²) in [4.78, 5) is 32.6. The third kappa shape index (κ3) is 3.55. The zero-order valence-electron chi connectivity index (χ0n) is 14.4. The highest BCUT2D eigenvalue weighted by Crippen LogP contribution is 2.32. The molecule has 0 amide bonds. The first-order valence-electron chi connectivity index (χ1n) is 8.28. The Bertz CT molecular complexity index is 1040. The van der Waals surface area contributed by atoms with Crippen molar-refractivity contribution in [3.05, 3.63) is 53.1 Å². The molecule has 0 bridgehead atoms. The molecule has 0 fully saturated rings. The van der Waals surface area contributed by atoms with Gasteiger partial charge in [-0.2, -0.15) is 4.98 Å². The van der Waals surface area contributed by atoms with Gasteiger partial charge in [-0.05, 0) is 30.0 Å². The Morgan fingerprint density at radius 2 is 2.07 bits per heavy atom. The van der Waals surface area contributed by atoms with Crippen molar-refractivity contribution in [3.8, 4) is 0 Å². The maximum Gasteiger partial charge on any atom is 0.316 e. The largest absolute Gasteiger partial charge is 0.468 e. The second-order valence-corrected chi connectivity index (χ2v) is 7.13. The number of hydrogen-bond acceptors (Lipinski definition) is 7. The molecule has 0 unspecified atom stereocenters. The molecule has 9 heteroatoms. The van der Waals surface area contributed by atoms with Gasteiger partial charge in [-0.1, -0.05) is 23.9 Å². The number of methoxy groups -OCH3 is 1. The van der Waals surface area contributed by atoms with Gasteiger partial charge in [0.05, 0.1) is 24.1 Å². The number of nitrogens with zero attached hydrogens (tertiary/aromatic N) is 4. The number of ketones is 1. The monoisotopic (exact) mass is 386 g/mol. The number of hydrogen-bond donors (Lipinski definition) is 0. The molecule has 2 heterocycles. The van der Waals surface area contributed by atoms with Crippen molar-refractivity contribution >= 4 is 29.3 Å². The number of carbonyl (C=O) groups is 2. The minimum atomic E-state index is -0.372. The first-order valence-corrected chi connectivity index (χ1v) is 9.26. The predicted molar refractivity (Wildman–Crippen MR) is 95.3 cm³/mol. The van der Waals surface area contributed by atoms with Crippen LogP contribution in [-0.2, 0) is 16.0 Å². The van der Waals surface area contributed by atoms with Crippen LogP contribution in [0.1, 0.15) is 34.0 Å². The molecule has 1 atom stereocenters. The first kappa shape index (κ1) is 17.6. The van der Waals surface area contributed by atoms with E-state index in [1.165, 1.54) is 23.8 Å². The molecule has 7 nitrogen and oxygen atoms in total. The van der Waals surface area contributed by atoms with Gasteiger partial charge in [-0.15, -0.1) is 5.10 Å². The number of carbonyl (C=O) groups excluding carboxylic acids is 2. The first-order chi connectivity index (χ1) is 13.0. The molecular weight excluding hydrogens is 371 g/mol. The van der Waals surface area contributed by atoms with Gasteiger partial charge in [0.15, 0.2) is 5.78 Å². The Morgan fingerprint density at radius 3 is 2.81 bits per heavy atom. The summed E-state index contributed by atoms with van der Waals surface area (Å²) < 4.78 is 19.2. The van der Waals surface area contributed by atoms with Crippen molar-refractivity contribution in [2.24, 2.45) is 0 Å². The Kier molecular flexibility index (Phi) is 4.61. The van der Waals surface area contributed by atoms with E-state index in [9.17, 15) is 14.0 Å². The van der Waals surface area contributed by atoms with Crippen molar-refractivity contribution in [2.75, 3.05) is 12.9 Å². The van der Waals surface area contributed by atoms with Crippen LogP contribution in [0.3, 0.4) is 0 Å². The Hall–Kier alpha value is -2.81. The van der Waals surface area contributed by atoms with E-state index in [4.69, 9.17) is 0 Å². The van der Waals surface area contributed by atoms with Gasteiger partial charge >= 0.3 is 5.97 Å². The SMILES string of the molecule is COC(=O)CSc1nc2nc3c(cn2n1)C(=O)C[C@@H](c1ccc(F)cc1)C3. The Labute approximate surface area is 158 Å². The summed E-state index contributed by atoms with van der Waals surface area (Å²) in [5, 5.41) is 4.64. The van der Waals surface area contributed by atoms with Crippen LogP contribution in [0.25, 0.3) is 5.78 Å². The fourth-order valence-electron chi connectivity index (χ4n) is 3.08. The van der Waals surface area contributed by atoms with Gasteiger partial charge in [0.25, 0.3) is 5.78 Å². The summed E-state index contributed by atoms with van der Waals surface area (Å²) in [6, 6.07) is 6.20. The molecule has 0 radical (unpaired) electrons. The van der Waals surface area contributed by atoms with Crippen LogP contribution >= 0.6 is 11.8 Å². The highest BCUT2D eigenvalue weighted by atomic mass is 32.2. The number of benzene rings is 1. The molecule has 0 spiro atoms. The van der Waals surface area contributed by atoms with Crippen molar-refractivity contribution in [2.45, 2.75) is 23.9 Å². The van der Waals surface area contributed by atoms with E-state index in [0.29, 0.717) is 35.0 Å². The van der Waals surface area contributed by atoms with E-state index in [-0.39, 0.29) is 29.2 Å². The van der Waals surface area contributed by atoms with E-state index in [2.05, 4.69) is 19.8 Å². The molecular formula is C18H15FN4O3S. The van der Waals surface area contributed by atoms with E-state index in [1.54, 1.807) is 18.3 Å². The molecule has 1 aliphatic rings. The lowest BCUT2D eigenvalue weighted by Gasteiger charge is -2.23. The highest BCUT2D eigenvalue weighted by Gasteiger charge is 2.28. The normalized spacial score (nSPS) is 16.4. The Morgan fingerprint density at radius 1 is 1.30 bits per heavy atom. The zero-order valence-corrected chi connectivity index (χ0v) is 15.2. The van der Waals surface area contributed by atoms with Gasteiger partial charge in [0, 0.05) is 12.6 Å². The molecule has 0 N–H and O–H groups in total. The molecule has 138 valence electrons. The van der Waals surface area contributed by atoms with Crippen LogP contribution in [0.5, 0.6) is 0 Å². The van der Waals surface area contributed by atoms with Gasteiger partial charge in [-0.25, -0.2) is 13.9 Å². The van der Waals surface area contributed by atoms with Gasteiger partial charge in [0.1, 0.15) is 5.82 Å². The number of thioether (sulfide) groups is 1. The molecule has 3 aromatic rings. The van der Waals surface area contributed by atoms with Crippen molar-refractivity contribution < 1.29 is 18.7 Å². The maximum atomic E-state index is 13.2. The molecule has 4 rings (SSSR count). The number of fused-ring (bicyclic) bond motifs is 2. The molecule has 1 aliphatic carbocycles. The molecule has 0 aliphatic heterocycles. The van der Waals surface area contributed by atoms with Crippen LogP contribution in [0.15, 0.2) is 35.6 Å². The summed E-state index contributed by atoms with van der Waals surface area (Å²) in [5.74, 6) is -0.284. The number of halogens is 1. The predicted octanol–water partition coefficient (Wildman–Crippen LogP) is 2.44. The quantitative estimate of drug-likeness (QED) is 0.503. The lowest BCUT2D eigenvalue weighted by atomic mass is 9.82. The van der Waals surface area contributed by atoms with E-state index >= 15 is 0 Å². The summed E-state index contributed by atoms with van der Waals surface area (Å²) in [5.41, 5.74) is 2.09. The second-order valence-electron chi connectivity index (χ2n) is 6.18. The van der Waals surface area contributed by atoms with Crippen LogP contribution in [-0.4, -0.2) is 44.2 Å². The third-order valence-electron chi connectivity index (χ3n) is 4.45. The average Bonchev–Trinajstić information content (AvgIpc) is 3.07.